The molecular weight excluding hydrogens is 425 g/mol. The van der Waals surface area contributed by atoms with E-state index in [2.05, 4.69) is 60.6 Å². The molecule has 0 atom stereocenters. The Bertz CT molecular complexity index is 554. The van der Waals surface area contributed by atoms with Gasteiger partial charge in [-0.2, -0.15) is 0 Å². The van der Waals surface area contributed by atoms with E-state index in [1.807, 2.05) is 19.1 Å². The number of anilines is 1. The molecule has 0 bridgehead atoms. The molecule has 0 fully saturated rings. The van der Waals surface area contributed by atoms with Crippen LogP contribution < -0.4 is 5.73 Å². The van der Waals surface area contributed by atoms with Crippen molar-refractivity contribution in [2.75, 3.05) is 5.73 Å². The average Bonchev–Trinajstić information content (AvgIpc) is 2.33. The van der Waals surface area contributed by atoms with Gasteiger partial charge in [-0.1, -0.05) is 22.0 Å². The van der Waals surface area contributed by atoms with Crippen molar-refractivity contribution in [3.8, 4) is 0 Å². The summed E-state index contributed by atoms with van der Waals surface area (Å²) < 4.78 is 2.01. The number of nitrogens with zero attached hydrogens (tertiary/aromatic N) is 2. The highest BCUT2D eigenvalue weighted by Crippen LogP contribution is 2.25. The molecule has 3 nitrogen and oxygen atoms in total. The summed E-state index contributed by atoms with van der Waals surface area (Å²) in [7, 11) is 0. The minimum atomic E-state index is 0.563. The van der Waals surface area contributed by atoms with Crippen LogP contribution in [0.15, 0.2) is 33.6 Å². The lowest BCUT2D eigenvalue weighted by atomic mass is 10.4. The minimum Gasteiger partial charge on any atom is -0.383 e. The van der Waals surface area contributed by atoms with Crippen LogP contribution in [0.3, 0.4) is 0 Å². The Morgan fingerprint density at radius 1 is 1.39 bits per heavy atom. The second-order valence-corrected chi connectivity index (χ2v) is 6.71. The number of nitrogen functional groups attached to an aromatic ring is 1. The largest absolute Gasteiger partial charge is 0.383 e. The van der Waals surface area contributed by atoms with Crippen LogP contribution in [0.2, 0.25) is 0 Å². The Hall–Kier alpha value is -0.340. The topological polar surface area (TPSA) is 51.8 Å². The van der Waals surface area contributed by atoms with Crippen molar-refractivity contribution in [3.63, 3.8) is 0 Å². The van der Waals surface area contributed by atoms with E-state index in [0.717, 1.165) is 25.3 Å². The van der Waals surface area contributed by atoms with Crippen molar-refractivity contribution in [3.05, 3.63) is 43.8 Å². The van der Waals surface area contributed by atoms with Crippen molar-refractivity contribution < 1.29 is 0 Å². The quantitative estimate of drug-likeness (QED) is 0.584. The fourth-order valence-corrected chi connectivity index (χ4v) is 3.01. The van der Waals surface area contributed by atoms with Crippen LogP contribution in [0.25, 0.3) is 0 Å². The maximum Gasteiger partial charge on any atom is 0.141 e. The van der Waals surface area contributed by atoms with Crippen molar-refractivity contribution >= 4 is 56.1 Å². The fraction of sp³-hybridized carbons (Fsp3) is 0.167. The van der Waals surface area contributed by atoms with Gasteiger partial charge in [0.15, 0.2) is 0 Å². The smallest absolute Gasteiger partial charge is 0.141 e. The van der Waals surface area contributed by atoms with E-state index in [1.54, 1.807) is 11.8 Å². The number of benzene rings is 1. The Morgan fingerprint density at radius 3 is 2.83 bits per heavy atom. The van der Waals surface area contributed by atoms with Crippen LogP contribution in [0, 0.1) is 10.5 Å². The third-order valence-corrected chi connectivity index (χ3v) is 5.07. The van der Waals surface area contributed by atoms with Gasteiger partial charge < -0.3 is 5.73 Å². The number of hydrogen-bond acceptors (Lipinski definition) is 4. The van der Waals surface area contributed by atoms with Crippen LogP contribution in [0.4, 0.5) is 5.82 Å². The molecular formula is C12H11BrIN3S. The third kappa shape index (κ3) is 3.58. The summed E-state index contributed by atoms with van der Waals surface area (Å²) in [6.45, 7) is 1.95. The van der Waals surface area contributed by atoms with Gasteiger partial charge in [0.2, 0.25) is 0 Å². The second kappa shape index (κ2) is 6.21. The molecule has 1 heterocycles. The molecule has 0 aliphatic carbocycles. The van der Waals surface area contributed by atoms with Crippen LogP contribution in [-0.4, -0.2) is 9.97 Å². The molecule has 1 aromatic carbocycles. The number of halogens is 2. The number of hydrogen-bond donors (Lipinski definition) is 1. The summed E-state index contributed by atoms with van der Waals surface area (Å²) in [6, 6.07) is 8.17. The molecule has 0 unspecified atom stereocenters. The summed E-state index contributed by atoms with van der Waals surface area (Å²) in [5, 5.41) is 0. The second-order valence-electron chi connectivity index (χ2n) is 3.67. The fourth-order valence-electron chi connectivity index (χ4n) is 1.41. The normalized spacial score (nSPS) is 10.6. The summed E-state index contributed by atoms with van der Waals surface area (Å²) >= 11 is 7.32. The SMILES string of the molecule is Cc1nc(CSc2cccc(Br)c2)nc(N)c1I. The molecule has 2 rings (SSSR count). The Balaban J connectivity index is 2.11. The lowest BCUT2D eigenvalue weighted by Gasteiger charge is -2.06. The molecule has 0 amide bonds. The van der Waals surface area contributed by atoms with Crippen LogP contribution in [-0.2, 0) is 5.75 Å². The first kappa shape index (κ1) is 14.1. The van der Waals surface area contributed by atoms with E-state index in [4.69, 9.17) is 5.73 Å². The highest BCUT2D eigenvalue weighted by atomic mass is 127. The first-order chi connectivity index (χ1) is 8.56. The van der Waals surface area contributed by atoms with Crippen molar-refractivity contribution in [1.82, 2.24) is 9.97 Å². The van der Waals surface area contributed by atoms with Crippen molar-refractivity contribution in [1.29, 1.82) is 0 Å². The van der Waals surface area contributed by atoms with E-state index >= 15 is 0 Å². The number of thioether (sulfide) groups is 1. The van der Waals surface area contributed by atoms with Gasteiger partial charge in [0.05, 0.1) is 15.0 Å². The van der Waals surface area contributed by atoms with Crippen molar-refractivity contribution in [2.45, 2.75) is 17.6 Å². The van der Waals surface area contributed by atoms with E-state index in [0.29, 0.717) is 5.82 Å². The maximum absolute atomic E-state index is 5.84. The zero-order chi connectivity index (χ0) is 13.1. The Morgan fingerprint density at radius 2 is 2.17 bits per heavy atom. The van der Waals surface area contributed by atoms with Gasteiger partial charge in [0, 0.05) is 9.37 Å². The average molecular weight is 436 g/mol. The van der Waals surface area contributed by atoms with Gasteiger partial charge in [0.1, 0.15) is 11.6 Å². The zero-order valence-corrected chi connectivity index (χ0v) is 14.2. The van der Waals surface area contributed by atoms with E-state index in [-0.39, 0.29) is 0 Å². The molecule has 2 aromatic rings. The van der Waals surface area contributed by atoms with E-state index in [1.165, 1.54) is 4.90 Å². The number of rotatable bonds is 3. The van der Waals surface area contributed by atoms with Gasteiger partial charge in [-0.3, -0.25) is 0 Å². The Labute approximate surface area is 132 Å². The molecule has 94 valence electrons. The summed E-state index contributed by atoms with van der Waals surface area (Å²) in [6.07, 6.45) is 0. The maximum atomic E-state index is 5.84. The predicted octanol–water partition coefficient (Wildman–Crippen LogP) is 4.03. The van der Waals surface area contributed by atoms with Gasteiger partial charge >= 0.3 is 0 Å². The first-order valence-electron chi connectivity index (χ1n) is 5.23. The van der Waals surface area contributed by atoms with Crippen LogP contribution in [0.1, 0.15) is 11.5 Å². The van der Waals surface area contributed by atoms with E-state index in [9.17, 15) is 0 Å². The summed E-state index contributed by atoms with van der Waals surface area (Å²) in [5.41, 5.74) is 6.78. The monoisotopic (exact) mass is 435 g/mol. The standard InChI is InChI=1S/C12H11BrIN3S/c1-7-11(14)12(15)17-10(16-7)6-18-9-4-2-3-8(13)5-9/h2-5H,6H2,1H3,(H2,15,16,17). The van der Waals surface area contributed by atoms with Gasteiger partial charge in [-0.05, 0) is 47.7 Å². The summed E-state index contributed by atoms with van der Waals surface area (Å²) in [5.74, 6) is 2.06. The molecule has 18 heavy (non-hydrogen) atoms. The Kier molecular flexibility index (Phi) is 4.85. The molecule has 0 aliphatic heterocycles. The molecule has 0 saturated carbocycles. The van der Waals surface area contributed by atoms with E-state index < -0.39 is 0 Å². The number of aryl methyl sites for hydroxylation is 1. The molecule has 1 aromatic heterocycles. The molecule has 0 spiro atoms. The first-order valence-corrected chi connectivity index (χ1v) is 8.09. The zero-order valence-electron chi connectivity index (χ0n) is 9.65. The molecule has 0 aliphatic rings. The number of aromatic nitrogens is 2. The van der Waals surface area contributed by atoms with Crippen LogP contribution >= 0.6 is 50.3 Å². The molecule has 0 saturated heterocycles. The molecule has 6 heteroatoms. The highest BCUT2D eigenvalue weighted by molar-refractivity contribution is 14.1. The molecule has 2 N–H and O–H groups in total. The lowest BCUT2D eigenvalue weighted by Crippen LogP contribution is -2.04. The van der Waals surface area contributed by atoms with Crippen molar-refractivity contribution in [2.24, 2.45) is 0 Å². The lowest BCUT2D eigenvalue weighted by molar-refractivity contribution is 0.991. The number of nitrogens with two attached hydrogens (primary N) is 1. The third-order valence-electron chi connectivity index (χ3n) is 2.25. The van der Waals surface area contributed by atoms with Crippen LogP contribution in [0.5, 0.6) is 0 Å². The molecule has 0 radical (unpaired) electrons. The summed E-state index contributed by atoms with van der Waals surface area (Å²) in [4.78, 5) is 9.92. The predicted molar refractivity (Wildman–Crippen MR) is 87.6 cm³/mol. The van der Waals surface area contributed by atoms with Gasteiger partial charge in [-0.25, -0.2) is 9.97 Å². The van der Waals surface area contributed by atoms with Gasteiger partial charge in [-0.15, -0.1) is 11.8 Å². The highest BCUT2D eigenvalue weighted by Gasteiger charge is 2.07. The minimum absolute atomic E-state index is 0.563. The van der Waals surface area contributed by atoms with Gasteiger partial charge in [0.25, 0.3) is 0 Å².